The zero-order valence-electron chi connectivity index (χ0n) is 14.9. The fourth-order valence-electron chi connectivity index (χ4n) is 3.36. The molecule has 6 nitrogen and oxygen atoms in total. The number of hydrogen-bond donors (Lipinski definition) is 1. The Morgan fingerprint density at radius 1 is 1.12 bits per heavy atom. The molecular formula is C17H30Cl2N2O4. The third-order valence-corrected chi connectivity index (χ3v) is 4.64. The second-order valence-electron chi connectivity index (χ2n) is 5.91. The summed E-state index contributed by atoms with van der Waals surface area (Å²) in [6.45, 7) is 5.95. The monoisotopic (exact) mass is 396 g/mol. The molecule has 0 radical (unpaired) electrons. The van der Waals surface area contributed by atoms with Crippen LogP contribution in [0.1, 0.15) is 23.6 Å². The van der Waals surface area contributed by atoms with Crippen molar-refractivity contribution in [3.63, 3.8) is 0 Å². The summed E-state index contributed by atoms with van der Waals surface area (Å²) in [6, 6.07) is 4.67. The largest absolute Gasteiger partial charge is 0.493 e. The van der Waals surface area contributed by atoms with Gasteiger partial charge in [0.05, 0.1) is 27.4 Å². The van der Waals surface area contributed by atoms with Gasteiger partial charge in [0.1, 0.15) is 0 Å². The van der Waals surface area contributed by atoms with Crippen LogP contribution in [0.15, 0.2) is 12.1 Å². The minimum atomic E-state index is 0. The normalized spacial score (nSPS) is 19.5. The topological polar surface area (TPSA) is 74.5 Å². The first-order valence-electron chi connectivity index (χ1n) is 8.10. The Labute approximate surface area is 162 Å². The average molecular weight is 397 g/mol. The number of nitrogens with zero attached hydrogens (tertiary/aromatic N) is 1. The number of rotatable bonds is 5. The highest BCUT2D eigenvalue weighted by Crippen LogP contribution is 2.36. The Bertz CT molecular complexity index is 514. The number of halogens is 2. The summed E-state index contributed by atoms with van der Waals surface area (Å²) in [5, 5.41) is 3.65. The Morgan fingerprint density at radius 3 is 2.40 bits per heavy atom. The summed E-state index contributed by atoms with van der Waals surface area (Å²) in [7, 11) is 3.39. The number of nitrogens with one attached hydrogen (secondary N) is 1. The van der Waals surface area contributed by atoms with Gasteiger partial charge >= 0.3 is 0 Å². The van der Waals surface area contributed by atoms with Crippen LogP contribution < -0.4 is 14.8 Å². The first-order chi connectivity index (χ1) is 10.8. The van der Waals surface area contributed by atoms with Crippen LogP contribution in [0.3, 0.4) is 0 Å². The van der Waals surface area contributed by atoms with Crippen LogP contribution in [0.2, 0.25) is 0 Å². The summed E-state index contributed by atoms with van der Waals surface area (Å²) >= 11 is 0. The number of fused-ring (bicyclic) bond motifs is 1. The first-order valence-corrected chi connectivity index (χ1v) is 8.10. The molecule has 0 saturated carbocycles. The third-order valence-electron chi connectivity index (χ3n) is 4.64. The Hall–Kier alpha value is -0.760. The highest BCUT2D eigenvalue weighted by atomic mass is 35.5. The lowest BCUT2D eigenvalue weighted by Crippen LogP contribution is -2.39. The smallest absolute Gasteiger partial charge is 0.161 e. The van der Waals surface area contributed by atoms with E-state index in [2.05, 4.69) is 22.3 Å². The van der Waals surface area contributed by atoms with Crippen molar-refractivity contribution in [3.8, 4) is 11.5 Å². The minimum absolute atomic E-state index is 0. The lowest BCUT2D eigenvalue weighted by atomic mass is 9.91. The maximum Gasteiger partial charge on any atom is 0.161 e. The maximum atomic E-state index is 5.47. The van der Waals surface area contributed by atoms with Crippen molar-refractivity contribution in [2.75, 3.05) is 53.6 Å². The molecule has 2 aliphatic heterocycles. The molecule has 1 atom stereocenters. The maximum absolute atomic E-state index is 5.47. The molecule has 0 spiro atoms. The number of methoxy groups -OCH3 is 2. The lowest BCUT2D eigenvalue weighted by Gasteiger charge is -2.32. The van der Waals surface area contributed by atoms with Gasteiger partial charge in [-0.1, -0.05) is 0 Å². The van der Waals surface area contributed by atoms with Crippen LogP contribution in [-0.4, -0.2) is 64.0 Å². The first kappa shape index (κ1) is 24.2. The molecule has 1 saturated heterocycles. The van der Waals surface area contributed by atoms with Crippen LogP contribution in [0.25, 0.3) is 0 Å². The summed E-state index contributed by atoms with van der Waals surface area (Å²) in [4.78, 5) is 2.49. The van der Waals surface area contributed by atoms with E-state index in [-0.39, 0.29) is 30.3 Å². The Kier molecular flexibility index (Phi) is 11.4. The van der Waals surface area contributed by atoms with Crippen LogP contribution >= 0.6 is 24.8 Å². The highest BCUT2D eigenvalue weighted by Gasteiger charge is 2.23. The Balaban J connectivity index is 0.00000192. The van der Waals surface area contributed by atoms with Crippen LogP contribution in [0, 0.1) is 0 Å². The van der Waals surface area contributed by atoms with Crippen molar-refractivity contribution in [1.82, 2.24) is 10.2 Å². The summed E-state index contributed by atoms with van der Waals surface area (Å²) < 4.78 is 16.3. The molecule has 25 heavy (non-hydrogen) atoms. The molecule has 0 bridgehead atoms. The molecule has 2 aliphatic rings. The molecule has 2 heterocycles. The zero-order chi connectivity index (χ0) is 15.4. The van der Waals surface area contributed by atoms with Crippen molar-refractivity contribution >= 4 is 24.8 Å². The molecule has 146 valence electrons. The molecule has 1 fully saturated rings. The van der Waals surface area contributed by atoms with Crippen molar-refractivity contribution in [2.45, 2.75) is 18.9 Å². The number of benzene rings is 1. The van der Waals surface area contributed by atoms with Crippen LogP contribution in [0.4, 0.5) is 0 Å². The van der Waals surface area contributed by atoms with E-state index in [0.29, 0.717) is 6.04 Å². The zero-order valence-corrected chi connectivity index (χ0v) is 16.5. The van der Waals surface area contributed by atoms with E-state index >= 15 is 0 Å². The van der Waals surface area contributed by atoms with Crippen molar-refractivity contribution in [3.05, 3.63) is 23.3 Å². The van der Waals surface area contributed by atoms with Gasteiger partial charge in [0.2, 0.25) is 0 Å². The molecule has 8 heteroatoms. The van der Waals surface area contributed by atoms with Crippen LogP contribution in [-0.2, 0) is 11.2 Å². The van der Waals surface area contributed by atoms with Crippen LogP contribution in [0.5, 0.6) is 11.5 Å². The molecular weight excluding hydrogens is 367 g/mol. The van der Waals surface area contributed by atoms with Crippen molar-refractivity contribution in [2.24, 2.45) is 0 Å². The molecule has 1 aromatic carbocycles. The third kappa shape index (κ3) is 5.88. The van der Waals surface area contributed by atoms with E-state index < -0.39 is 0 Å². The molecule has 0 aliphatic carbocycles. The lowest BCUT2D eigenvalue weighted by molar-refractivity contribution is 0.0360. The number of ether oxygens (including phenoxy) is 3. The molecule has 1 aromatic rings. The van der Waals surface area contributed by atoms with Gasteiger partial charge in [0, 0.05) is 25.7 Å². The van der Waals surface area contributed by atoms with E-state index in [0.717, 1.165) is 63.7 Å². The van der Waals surface area contributed by atoms with Gasteiger partial charge in [0.15, 0.2) is 11.5 Å². The Morgan fingerprint density at radius 2 is 1.76 bits per heavy atom. The quantitative estimate of drug-likeness (QED) is 0.818. The van der Waals surface area contributed by atoms with Gasteiger partial charge in [-0.05, 0) is 42.6 Å². The number of morpholine rings is 1. The fourth-order valence-corrected chi connectivity index (χ4v) is 3.36. The van der Waals surface area contributed by atoms with E-state index in [1.54, 1.807) is 14.2 Å². The molecule has 3 N–H and O–H groups in total. The van der Waals surface area contributed by atoms with Gasteiger partial charge in [-0.3, -0.25) is 4.90 Å². The van der Waals surface area contributed by atoms with Gasteiger partial charge < -0.3 is 25.0 Å². The van der Waals surface area contributed by atoms with E-state index in [9.17, 15) is 0 Å². The van der Waals surface area contributed by atoms with Gasteiger partial charge in [-0.15, -0.1) is 24.8 Å². The molecule has 3 rings (SSSR count). The predicted octanol–water partition coefficient (Wildman–Crippen LogP) is 1.63. The standard InChI is InChI=1S/C17H26N2O3.2ClH.H2O/c1-20-16-11-13-3-5-18-15(14(13)12-17(16)21-2)4-6-19-7-9-22-10-8-19;;;/h11-12,15,18H,3-10H2,1-2H3;2*1H;1H2. The van der Waals surface area contributed by atoms with Gasteiger partial charge in [-0.2, -0.15) is 0 Å². The predicted molar refractivity (Wildman–Crippen MR) is 104 cm³/mol. The van der Waals surface area contributed by atoms with Gasteiger partial charge in [0.25, 0.3) is 0 Å². The van der Waals surface area contributed by atoms with Crippen molar-refractivity contribution < 1.29 is 19.7 Å². The average Bonchev–Trinajstić information content (AvgIpc) is 2.59. The molecule has 0 aromatic heterocycles. The molecule has 1 unspecified atom stereocenters. The van der Waals surface area contributed by atoms with Crippen molar-refractivity contribution in [1.29, 1.82) is 0 Å². The second-order valence-corrected chi connectivity index (χ2v) is 5.91. The second kappa shape index (κ2) is 11.8. The summed E-state index contributed by atoms with van der Waals surface area (Å²) in [5.74, 6) is 1.65. The van der Waals surface area contributed by atoms with E-state index in [4.69, 9.17) is 14.2 Å². The van der Waals surface area contributed by atoms with Gasteiger partial charge in [-0.25, -0.2) is 0 Å². The summed E-state index contributed by atoms with van der Waals surface area (Å²) in [5.41, 5.74) is 2.74. The SMILES string of the molecule is COc1cc2c(cc1OC)C(CCN1CCOCC1)NCC2.Cl.Cl.O. The van der Waals surface area contributed by atoms with E-state index in [1.807, 2.05) is 0 Å². The van der Waals surface area contributed by atoms with E-state index in [1.165, 1.54) is 11.1 Å². The fraction of sp³-hybridized carbons (Fsp3) is 0.647. The highest BCUT2D eigenvalue weighted by molar-refractivity contribution is 5.85. The minimum Gasteiger partial charge on any atom is -0.493 e. The summed E-state index contributed by atoms with van der Waals surface area (Å²) in [6.07, 6.45) is 2.16. The molecule has 0 amide bonds. The number of hydrogen-bond acceptors (Lipinski definition) is 5.